The van der Waals surface area contributed by atoms with Crippen molar-refractivity contribution < 1.29 is 14.2 Å². The summed E-state index contributed by atoms with van der Waals surface area (Å²) in [6, 6.07) is 4.53. The van der Waals surface area contributed by atoms with Gasteiger partial charge in [-0.3, -0.25) is 0 Å². The minimum Gasteiger partial charge on any atom is -0.508 e. The van der Waals surface area contributed by atoms with Gasteiger partial charge in [0.2, 0.25) is 0 Å². The summed E-state index contributed by atoms with van der Waals surface area (Å²) in [5.74, 6) is 0.198. The van der Waals surface area contributed by atoms with Crippen molar-refractivity contribution in [3.05, 3.63) is 29.6 Å². The van der Waals surface area contributed by atoms with Crippen molar-refractivity contribution in [3.63, 3.8) is 0 Å². The fraction of sp³-hybridized carbons (Fsp3) is 0.600. The fourth-order valence-electron chi connectivity index (χ4n) is 2.72. The van der Waals surface area contributed by atoms with Crippen LogP contribution in [0.5, 0.6) is 5.75 Å². The normalized spacial score (nSPS) is 20.2. The molecule has 1 saturated heterocycles. The van der Waals surface area contributed by atoms with Crippen LogP contribution < -0.4 is 5.32 Å². The minimum absolute atomic E-state index is 0.00144. The Bertz CT molecular complexity index is 419. The summed E-state index contributed by atoms with van der Waals surface area (Å²) < 4.78 is 18.3. The first kappa shape index (κ1) is 14.3. The summed E-state index contributed by atoms with van der Waals surface area (Å²) in [6.07, 6.45) is 2.13. The maximum atomic E-state index is 13.0. The zero-order valence-electron chi connectivity index (χ0n) is 11.5. The number of hydrogen-bond donors (Lipinski definition) is 2. The highest BCUT2D eigenvalue weighted by molar-refractivity contribution is 5.34. The second-order valence-electron chi connectivity index (χ2n) is 5.33. The number of phenolic OH excluding ortho intramolecular Hbond substituents is 1. The molecule has 1 aliphatic rings. The molecule has 0 amide bonds. The second-order valence-corrected chi connectivity index (χ2v) is 5.33. The maximum absolute atomic E-state index is 13.0. The van der Waals surface area contributed by atoms with Gasteiger partial charge in [0.05, 0.1) is 0 Å². The SMILES string of the molecule is CC(NC(C)C1CCOCC1)c1ccc(F)cc1O. The third kappa shape index (κ3) is 3.67. The second kappa shape index (κ2) is 6.35. The third-order valence-corrected chi connectivity index (χ3v) is 3.94. The Kier molecular flexibility index (Phi) is 4.77. The van der Waals surface area contributed by atoms with Gasteiger partial charge in [-0.05, 0) is 38.7 Å². The first-order valence-corrected chi connectivity index (χ1v) is 6.90. The number of hydrogen-bond acceptors (Lipinski definition) is 3. The van der Waals surface area contributed by atoms with Gasteiger partial charge in [0, 0.05) is 36.9 Å². The molecule has 2 unspecified atom stereocenters. The molecule has 106 valence electrons. The number of phenols is 1. The van der Waals surface area contributed by atoms with Crippen LogP contribution in [0.2, 0.25) is 0 Å². The van der Waals surface area contributed by atoms with Crippen LogP contribution in [0.25, 0.3) is 0 Å². The van der Waals surface area contributed by atoms with E-state index < -0.39 is 5.82 Å². The number of aromatic hydroxyl groups is 1. The molecule has 1 aliphatic heterocycles. The van der Waals surface area contributed by atoms with Gasteiger partial charge in [-0.1, -0.05) is 6.07 Å². The Balaban J connectivity index is 1.97. The van der Waals surface area contributed by atoms with E-state index >= 15 is 0 Å². The Labute approximate surface area is 113 Å². The summed E-state index contributed by atoms with van der Waals surface area (Å²) in [7, 11) is 0. The summed E-state index contributed by atoms with van der Waals surface area (Å²) >= 11 is 0. The Hall–Kier alpha value is -1.13. The largest absolute Gasteiger partial charge is 0.508 e. The van der Waals surface area contributed by atoms with E-state index in [1.807, 2.05) is 6.92 Å². The predicted octanol–water partition coefficient (Wildman–Crippen LogP) is 3.00. The summed E-state index contributed by atoms with van der Waals surface area (Å²) in [6.45, 7) is 5.80. The molecule has 0 bridgehead atoms. The van der Waals surface area contributed by atoms with Gasteiger partial charge in [-0.2, -0.15) is 0 Å². The number of halogens is 1. The number of rotatable bonds is 4. The Morgan fingerprint density at radius 1 is 1.32 bits per heavy atom. The molecular formula is C15H22FNO2. The lowest BCUT2D eigenvalue weighted by atomic mass is 9.92. The molecular weight excluding hydrogens is 245 g/mol. The zero-order chi connectivity index (χ0) is 13.8. The molecule has 0 aromatic heterocycles. The van der Waals surface area contributed by atoms with Gasteiger partial charge in [-0.25, -0.2) is 4.39 Å². The average molecular weight is 267 g/mol. The van der Waals surface area contributed by atoms with Crippen molar-refractivity contribution in [1.29, 1.82) is 0 Å². The van der Waals surface area contributed by atoms with E-state index in [-0.39, 0.29) is 11.8 Å². The topological polar surface area (TPSA) is 41.5 Å². The van der Waals surface area contributed by atoms with Crippen molar-refractivity contribution in [2.45, 2.75) is 38.8 Å². The lowest BCUT2D eigenvalue weighted by Crippen LogP contribution is -2.38. The van der Waals surface area contributed by atoms with Crippen LogP contribution in [0.1, 0.15) is 38.3 Å². The van der Waals surface area contributed by atoms with E-state index in [4.69, 9.17) is 4.74 Å². The number of benzene rings is 1. The molecule has 0 radical (unpaired) electrons. The van der Waals surface area contributed by atoms with E-state index in [1.165, 1.54) is 6.07 Å². The third-order valence-electron chi connectivity index (χ3n) is 3.94. The number of ether oxygens (including phenoxy) is 1. The molecule has 0 spiro atoms. The fourth-order valence-corrected chi connectivity index (χ4v) is 2.72. The van der Waals surface area contributed by atoms with Crippen LogP contribution in [0, 0.1) is 11.7 Å². The smallest absolute Gasteiger partial charge is 0.126 e. The molecule has 1 fully saturated rings. The molecule has 0 saturated carbocycles. The van der Waals surface area contributed by atoms with E-state index in [1.54, 1.807) is 6.07 Å². The molecule has 2 N–H and O–H groups in total. The van der Waals surface area contributed by atoms with Crippen LogP contribution >= 0.6 is 0 Å². The molecule has 1 aromatic carbocycles. The van der Waals surface area contributed by atoms with E-state index in [2.05, 4.69) is 12.2 Å². The standard InChI is InChI=1S/C15H22FNO2/c1-10(12-5-7-19-8-6-12)17-11(2)14-4-3-13(16)9-15(14)18/h3-4,9-12,17-18H,5-8H2,1-2H3. The van der Waals surface area contributed by atoms with Crippen LogP contribution in [-0.2, 0) is 4.74 Å². The highest BCUT2D eigenvalue weighted by atomic mass is 19.1. The molecule has 1 aromatic rings. The van der Waals surface area contributed by atoms with Crippen LogP contribution in [0.15, 0.2) is 18.2 Å². The van der Waals surface area contributed by atoms with Crippen molar-refractivity contribution in [3.8, 4) is 5.75 Å². The Morgan fingerprint density at radius 2 is 2.00 bits per heavy atom. The minimum atomic E-state index is -0.411. The molecule has 0 aliphatic carbocycles. The lowest BCUT2D eigenvalue weighted by Gasteiger charge is -2.31. The van der Waals surface area contributed by atoms with Gasteiger partial charge in [-0.15, -0.1) is 0 Å². The van der Waals surface area contributed by atoms with Gasteiger partial charge < -0.3 is 15.2 Å². The van der Waals surface area contributed by atoms with Crippen molar-refractivity contribution in [2.75, 3.05) is 13.2 Å². The van der Waals surface area contributed by atoms with E-state index in [0.717, 1.165) is 37.7 Å². The lowest BCUT2D eigenvalue weighted by molar-refractivity contribution is 0.0546. The zero-order valence-corrected chi connectivity index (χ0v) is 11.5. The monoisotopic (exact) mass is 267 g/mol. The molecule has 2 atom stereocenters. The highest BCUT2D eigenvalue weighted by Crippen LogP contribution is 2.27. The average Bonchev–Trinajstić information content (AvgIpc) is 2.39. The molecule has 4 heteroatoms. The van der Waals surface area contributed by atoms with Crippen LogP contribution in [-0.4, -0.2) is 24.4 Å². The van der Waals surface area contributed by atoms with Crippen LogP contribution in [0.4, 0.5) is 4.39 Å². The van der Waals surface area contributed by atoms with Gasteiger partial charge in [0.25, 0.3) is 0 Å². The summed E-state index contributed by atoms with van der Waals surface area (Å²) in [5, 5.41) is 13.3. The molecule has 19 heavy (non-hydrogen) atoms. The van der Waals surface area contributed by atoms with Gasteiger partial charge in [0.15, 0.2) is 0 Å². The first-order valence-electron chi connectivity index (χ1n) is 6.90. The molecule has 3 nitrogen and oxygen atoms in total. The quantitative estimate of drug-likeness (QED) is 0.881. The van der Waals surface area contributed by atoms with Gasteiger partial charge >= 0.3 is 0 Å². The van der Waals surface area contributed by atoms with E-state index in [0.29, 0.717) is 12.0 Å². The maximum Gasteiger partial charge on any atom is 0.126 e. The summed E-state index contributed by atoms with van der Waals surface area (Å²) in [4.78, 5) is 0. The molecule has 2 rings (SSSR count). The Morgan fingerprint density at radius 3 is 2.63 bits per heavy atom. The molecule has 1 heterocycles. The highest BCUT2D eigenvalue weighted by Gasteiger charge is 2.22. The van der Waals surface area contributed by atoms with Crippen molar-refractivity contribution in [1.82, 2.24) is 5.32 Å². The van der Waals surface area contributed by atoms with Gasteiger partial charge in [0.1, 0.15) is 11.6 Å². The van der Waals surface area contributed by atoms with E-state index in [9.17, 15) is 9.50 Å². The predicted molar refractivity (Wildman–Crippen MR) is 72.6 cm³/mol. The van der Waals surface area contributed by atoms with Crippen molar-refractivity contribution in [2.24, 2.45) is 5.92 Å². The summed E-state index contributed by atoms with van der Waals surface area (Å²) in [5.41, 5.74) is 0.736. The van der Waals surface area contributed by atoms with Crippen molar-refractivity contribution >= 4 is 0 Å². The van der Waals surface area contributed by atoms with Crippen LogP contribution in [0.3, 0.4) is 0 Å². The first-order chi connectivity index (χ1) is 9.08. The number of nitrogens with one attached hydrogen (secondary N) is 1.